The number of anilines is 1. The fraction of sp³-hybridized carbons (Fsp3) is 0.417. The number of ether oxygens (including phenoxy) is 1. The number of nitrogens with two attached hydrogens (primary N) is 1. The van der Waals surface area contributed by atoms with Gasteiger partial charge in [0.25, 0.3) is 0 Å². The van der Waals surface area contributed by atoms with Crippen molar-refractivity contribution in [2.24, 2.45) is 5.73 Å². The molecule has 2 rings (SSSR count). The van der Waals surface area contributed by atoms with Gasteiger partial charge in [-0.1, -0.05) is 0 Å². The minimum atomic E-state index is -3.96. The molecule has 124 valence electrons. The second-order valence-corrected chi connectivity index (χ2v) is 6.32. The number of morpholine rings is 1. The number of sulfonamides is 1. The highest BCUT2D eigenvalue weighted by molar-refractivity contribution is 7.89. The average Bonchev–Trinajstić information content (AvgIpc) is 2.49. The number of halogens is 2. The number of carbonyl (C=O) groups excluding carboxylic acids is 1. The molecule has 1 aliphatic heterocycles. The van der Waals surface area contributed by atoms with Gasteiger partial charge in [0.2, 0.25) is 15.9 Å². The third kappa shape index (κ3) is 4.14. The van der Waals surface area contributed by atoms with Crippen LogP contribution in [0.3, 0.4) is 0 Å². The molecular formula is C12H17ClFN3O4S. The van der Waals surface area contributed by atoms with E-state index in [1.165, 1.54) is 6.07 Å². The Morgan fingerprint density at radius 3 is 2.59 bits per heavy atom. The Balaban J connectivity index is 0.00000242. The molecule has 1 aromatic rings. The maximum atomic E-state index is 13.9. The van der Waals surface area contributed by atoms with Gasteiger partial charge < -0.3 is 15.8 Å². The Kier molecular flexibility index (Phi) is 6.69. The van der Waals surface area contributed by atoms with Gasteiger partial charge in [-0.25, -0.2) is 12.8 Å². The largest absolute Gasteiger partial charge is 0.379 e. The van der Waals surface area contributed by atoms with E-state index in [9.17, 15) is 17.6 Å². The highest BCUT2D eigenvalue weighted by Gasteiger charge is 2.29. The van der Waals surface area contributed by atoms with Crippen molar-refractivity contribution in [3.8, 4) is 0 Å². The first-order valence-corrected chi connectivity index (χ1v) is 7.76. The van der Waals surface area contributed by atoms with E-state index in [2.05, 4.69) is 5.32 Å². The van der Waals surface area contributed by atoms with Crippen molar-refractivity contribution in [2.75, 3.05) is 38.2 Å². The van der Waals surface area contributed by atoms with E-state index in [0.717, 1.165) is 16.4 Å². The Bertz CT molecular complexity index is 635. The second kappa shape index (κ2) is 7.84. The molecule has 0 aliphatic carbocycles. The Morgan fingerprint density at radius 2 is 2.00 bits per heavy atom. The molecule has 0 saturated carbocycles. The van der Waals surface area contributed by atoms with E-state index in [-0.39, 0.29) is 50.9 Å². The third-order valence-corrected chi connectivity index (χ3v) is 4.90. The summed E-state index contributed by atoms with van der Waals surface area (Å²) in [4.78, 5) is 10.7. The van der Waals surface area contributed by atoms with Crippen LogP contribution in [0.25, 0.3) is 0 Å². The van der Waals surface area contributed by atoms with E-state index >= 15 is 0 Å². The molecule has 0 atom stereocenters. The van der Waals surface area contributed by atoms with Gasteiger partial charge in [-0.3, -0.25) is 4.79 Å². The van der Waals surface area contributed by atoms with Crippen LogP contribution in [0.2, 0.25) is 0 Å². The second-order valence-electron chi connectivity index (χ2n) is 4.41. The number of nitrogens with one attached hydrogen (secondary N) is 1. The quantitative estimate of drug-likeness (QED) is 0.803. The van der Waals surface area contributed by atoms with Crippen LogP contribution in [-0.2, 0) is 19.6 Å². The van der Waals surface area contributed by atoms with Crippen LogP contribution in [0, 0.1) is 5.82 Å². The molecule has 1 saturated heterocycles. The van der Waals surface area contributed by atoms with Crippen LogP contribution < -0.4 is 11.1 Å². The number of hydrogen-bond donors (Lipinski definition) is 2. The molecule has 1 aromatic carbocycles. The van der Waals surface area contributed by atoms with Crippen molar-refractivity contribution in [1.82, 2.24) is 4.31 Å². The fourth-order valence-corrected chi connectivity index (χ4v) is 3.42. The zero-order valence-electron chi connectivity index (χ0n) is 11.6. The fourth-order valence-electron chi connectivity index (χ4n) is 1.92. The van der Waals surface area contributed by atoms with Gasteiger partial charge in [0, 0.05) is 18.8 Å². The Morgan fingerprint density at radius 1 is 1.36 bits per heavy atom. The molecule has 1 amide bonds. The highest BCUT2D eigenvalue weighted by atomic mass is 35.5. The van der Waals surface area contributed by atoms with E-state index in [1.54, 1.807) is 0 Å². The summed E-state index contributed by atoms with van der Waals surface area (Å²) in [6.45, 7) is 0.625. The first-order chi connectivity index (χ1) is 9.95. The summed E-state index contributed by atoms with van der Waals surface area (Å²) in [6, 6.07) is 3.37. The zero-order valence-corrected chi connectivity index (χ0v) is 13.3. The molecule has 3 N–H and O–H groups in total. The summed E-state index contributed by atoms with van der Waals surface area (Å²) in [7, 11) is -3.96. The third-order valence-electron chi connectivity index (χ3n) is 2.99. The van der Waals surface area contributed by atoms with Crippen molar-refractivity contribution in [1.29, 1.82) is 0 Å². The maximum absolute atomic E-state index is 13.9. The predicted molar refractivity (Wildman–Crippen MR) is 80.9 cm³/mol. The Hall–Kier alpha value is -1.26. The van der Waals surface area contributed by atoms with Gasteiger partial charge in [-0.05, 0) is 18.2 Å². The van der Waals surface area contributed by atoms with Gasteiger partial charge >= 0.3 is 0 Å². The highest BCUT2D eigenvalue weighted by Crippen LogP contribution is 2.23. The first kappa shape index (κ1) is 18.8. The molecule has 0 bridgehead atoms. The molecule has 10 heteroatoms. The lowest BCUT2D eigenvalue weighted by Gasteiger charge is -2.26. The normalized spacial score (nSPS) is 15.9. The first-order valence-electron chi connectivity index (χ1n) is 6.32. The predicted octanol–water partition coefficient (Wildman–Crippen LogP) is 0.166. The van der Waals surface area contributed by atoms with Crippen molar-refractivity contribution in [3.05, 3.63) is 24.0 Å². The molecule has 0 aromatic heterocycles. The van der Waals surface area contributed by atoms with Crippen LogP contribution in [0.1, 0.15) is 0 Å². The zero-order chi connectivity index (χ0) is 15.5. The average molecular weight is 354 g/mol. The monoisotopic (exact) mass is 353 g/mol. The van der Waals surface area contributed by atoms with Gasteiger partial charge in [-0.15, -0.1) is 12.4 Å². The summed E-state index contributed by atoms with van der Waals surface area (Å²) in [5.74, 6) is -1.36. The maximum Gasteiger partial charge on any atom is 0.246 e. The van der Waals surface area contributed by atoms with Crippen LogP contribution in [-0.4, -0.2) is 51.5 Å². The van der Waals surface area contributed by atoms with E-state index in [1.807, 2.05) is 0 Å². The lowest BCUT2D eigenvalue weighted by molar-refractivity contribution is -0.114. The summed E-state index contributed by atoms with van der Waals surface area (Å²) >= 11 is 0. The van der Waals surface area contributed by atoms with Crippen LogP contribution in [0.15, 0.2) is 23.1 Å². The minimum Gasteiger partial charge on any atom is -0.379 e. The molecule has 22 heavy (non-hydrogen) atoms. The summed E-state index contributed by atoms with van der Waals surface area (Å²) in [5, 5.41) is 2.40. The van der Waals surface area contributed by atoms with E-state index in [4.69, 9.17) is 10.5 Å². The number of benzene rings is 1. The SMILES string of the molecule is Cl.NCC(=O)Nc1ccc(F)c(S(=O)(=O)N2CCOCC2)c1. The van der Waals surface area contributed by atoms with Crippen molar-refractivity contribution < 1.29 is 22.3 Å². The van der Waals surface area contributed by atoms with Crippen molar-refractivity contribution in [3.63, 3.8) is 0 Å². The lowest BCUT2D eigenvalue weighted by atomic mass is 10.3. The molecule has 0 spiro atoms. The number of rotatable bonds is 4. The van der Waals surface area contributed by atoms with Gasteiger partial charge in [0.05, 0.1) is 19.8 Å². The van der Waals surface area contributed by atoms with Gasteiger partial charge in [-0.2, -0.15) is 4.31 Å². The smallest absolute Gasteiger partial charge is 0.246 e. The number of nitrogens with zero attached hydrogens (tertiary/aromatic N) is 1. The van der Waals surface area contributed by atoms with Gasteiger partial charge in [0.1, 0.15) is 10.7 Å². The van der Waals surface area contributed by atoms with Crippen LogP contribution in [0.4, 0.5) is 10.1 Å². The van der Waals surface area contributed by atoms with Crippen molar-refractivity contribution in [2.45, 2.75) is 4.90 Å². The van der Waals surface area contributed by atoms with E-state index < -0.39 is 26.6 Å². The molecule has 1 fully saturated rings. The van der Waals surface area contributed by atoms with Gasteiger partial charge in [0.15, 0.2) is 0 Å². The van der Waals surface area contributed by atoms with Crippen LogP contribution in [0.5, 0.6) is 0 Å². The standard InChI is InChI=1S/C12H16FN3O4S.ClH/c13-10-2-1-9(15-12(17)8-14)7-11(10)21(18,19)16-3-5-20-6-4-16;/h1-2,7H,3-6,8,14H2,(H,15,17);1H. The number of carbonyl (C=O) groups is 1. The molecule has 0 unspecified atom stereocenters. The minimum absolute atomic E-state index is 0. The van der Waals surface area contributed by atoms with Crippen LogP contribution >= 0.6 is 12.4 Å². The lowest BCUT2D eigenvalue weighted by Crippen LogP contribution is -2.40. The Labute approximate surface area is 134 Å². The summed E-state index contributed by atoms with van der Waals surface area (Å²) < 4.78 is 44.9. The number of amides is 1. The molecule has 7 nitrogen and oxygen atoms in total. The summed E-state index contributed by atoms with van der Waals surface area (Å²) in [6.07, 6.45) is 0. The molecule has 1 heterocycles. The molecule has 0 radical (unpaired) electrons. The summed E-state index contributed by atoms with van der Waals surface area (Å²) in [5.41, 5.74) is 5.34. The molecule has 1 aliphatic rings. The van der Waals surface area contributed by atoms with Crippen molar-refractivity contribution >= 4 is 34.0 Å². The molecular weight excluding hydrogens is 337 g/mol. The van der Waals surface area contributed by atoms with E-state index in [0.29, 0.717) is 0 Å². The number of hydrogen-bond acceptors (Lipinski definition) is 5. The topological polar surface area (TPSA) is 102 Å².